The van der Waals surface area contributed by atoms with E-state index < -0.39 is 23.3 Å². The second kappa shape index (κ2) is 12.6. The summed E-state index contributed by atoms with van der Waals surface area (Å²) in [4.78, 5) is 27.5. The Labute approximate surface area is 224 Å². The molecule has 2 aromatic carbocycles. The maximum atomic E-state index is 15.5. The highest BCUT2D eigenvalue weighted by Gasteiger charge is 2.40. The largest absolute Gasteiger partial charge is 0.493 e. The Balaban J connectivity index is 1.55. The summed E-state index contributed by atoms with van der Waals surface area (Å²) in [7, 11) is 4.42. The maximum Gasteiger partial charge on any atom is 0.410 e. The van der Waals surface area contributed by atoms with Crippen molar-refractivity contribution in [1.29, 1.82) is 0 Å². The lowest BCUT2D eigenvalue weighted by Crippen LogP contribution is -2.41. The van der Waals surface area contributed by atoms with Crippen LogP contribution in [-0.4, -0.2) is 51.4 Å². The van der Waals surface area contributed by atoms with Gasteiger partial charge in [0.1, 0.15) is 6.61 Å². The first kappa shape index (κ1) is 27.9. The van der Waals surface area contributed by atoms with Gasteiger partial charge in [-0.25, -0.2) is 9.18 Å². The highest BCUT2D eigenvalue weighted by atomic mass is 19.1. The van der Waals surface area contributed by atoms with Gasteiger partial charge in [-0.15, -0.1) is 0 Å². The van der Waals surface area contributed by atoms with E-state index in [9.17, 15) is 9.59 Å². The summed E-state index contributed by atoms with van der Waals surface area (Å²) in [6.45, 7) is 1.06. The SMILES string of the molecule is COC(=O)C(c1cc(C2(OC)CCCCC2)cc(F)c1OC)C1CCN(C(=O)OCc2ccccc2)CC1. The quantitative estimate of drug-likeness (QED) is 0.395. The molecule has 0 bridgehead atoms. The minimum atomic E-state index is -0.732. The summed E-state index contributed by atoms with van der Waals surface area (Å²) in [6.07, 6.45) is 5.41. The molecule has 38 heavy (non-hydrogen) atoms. The zero-order valence-corrected chi connectivity index (χ0v) is 22.5. The molecule has 2 aromatic rings. The molecule has 1 saturated heterocycles. The van der Waals surface area contributed by atoms with Crippen LogP contribution in [0, 0.1) is 11.7 Å². The third kappa shape index (κ3) is 5.96. The van der Waals surface area contributed by atoms with E-state index in [0.717, 1.165) is 43.2 Å². The topological polar surface area (TPSA) is 74.3 Å². The van der Waals surface area contributed by atoms with E-state index in [1.165, 1.54) is 20.3 Å². The van der Waals surface area contributed by atoms with Crippen molar-refractivity contribution in [2.24, 2.45) is 5.92 Å². The number of rotatable bonds is 8. The lowest BCUT2D eigenvalue weighted by Gasteiger charge is -2.38. The van der Waals surface area contributed by atoms with Crippen molar-refractivity contribution < 1.29 is 32.9 Å². The number of hydrogen-bond donors (Lipinski definition) is 0. The minimum Gasteiger partial charge on any atom is -0.493 e. The maximum absolute atomic E-state index is 15.5. The number of methoxy groups -OCH3 is 3. The van der Waals surface area contributed by atoms with E-state index >= 15 is 4.39 Å². The van der Waals surface area contributed by atoms with Crippen LogP contribution in [0.3, 0.4) is 0 Å². The van der Waals surface area contributed by atoms with Gasteiger partial charge < -0.3 is 23.8 Å². The molecule has 1 saturated carbocycles. The van der Waals surface area contributed by atoms with E-state index in [4.69, 9.17) is 18.9 Å². The van der Waals surface area contributed by atoms with Gasteiger partial charge in [0.2, 0.25) is 0 Å². The number of esters is 1. The third-order valence-corrected chi connectivity index (χ3v) is 8.12. The van der Waals surface area contributed by atoms with Gasteiger partial charge in [-0.2, -0.15) is 0 Å². The zero-order chi connectivity index (χ0) is 27.1. The van der Waals surface area contributed by atoms with Gasteiger partial charge in [0.25, 0.3) is 0 Å². The van der Waals surface area contributed by atoms with Gasteiger partial charge in [-0.1, -0.05) is 49.6 Å². The summed E-state index contributed by atoms with van der Waals surface area (Å²) in [6, 6.07) is 12.9. The van der Waals surface area contributed by atoms with Crippen molar-refractivity contribution in [3.8, 4) is 5.75 Å². The van der Waals surface area contributed by atoms with Crippen molar-refractivity contribution in [2.45, 2.75) is 63.1 Å². The van der Waals surface area contributed by atoms with Crippen molar-refractivity contribution in [1.82, 2.24) is 4.90 Å². The first-order chi connectivity index (χ1) is 18.4. The highest BCUT2D eigenvalue weighted by molar-refractivity contribution is 5.80. The first-order valence-electron chi connectivity index (χ1n) is 13.4. The smallest absolute Gasteiger partial charge is 0.410 e. The molecule has 1 amide bonds. The molecule has 206 valence electrons. The zero-order valence-electron chi connectivity index (χ0n) is 22.5. The van der Waals surface area contributed by atoms with Crippen LogP contribution < -0.4 is 4.74 Å². The fraction of sp³-hybridized carbons (Fsp3) is 0.533. The summed E-state index contributed by atoms with van der Waals surface area (Å²) >= 11 is 0. The summed E-state index contributed by atoms with van der Waals surface area (Å²) in [5.74, 6) is -1.80. The van der Waals surface area contributed by atoms with E-state index in [2.05, 4.69) is 0 Å². The Kier molecular flexibility index (Phi) is 9.26. The summed E-state index contributed by atoms with van der Waals surface area (Å²) in [5.41, 5.74) is 1.53. The molecular formula is C30H38FNO6. The molecule has 1 heterocycles. The van der Waals surface area contributed by atoms with Crippen LogP contribution in [0.2, 0.25) is 0 Å². The standard InChI is InChI=1S/C30H38FNO6/c1-35-27-24(18-23(19-25(27)31)30(37-3)14-8-5-9-15-30)26(28(33)36-2)22-12-16-32(17-13-22)29(34)38-20-21-10-6-4-7-11-21/h4,6-7,10-11,18-19,22,26H,5,8-9,12-17,20H2,1-3H3. The average Bonchev–Trinajstić information content (AvgIpc) is 2.97. The molecule has 8 heteroatoms. The van der Waals surface area contributed by atoms with E-state index in [-0.39, 0.29) is 24.4 Å². The molecule has 1 aliphatic heterocycles. The number of piperidine rings is 1. The second-order valence-corrected chi connectivity index (χ2v) is 10.2. The van der Waals surface area contributed by atoms with E-state index in [1.54, 1.807) is 12.0 Å². The van der Waals surface area contributed by atoms with Gasteiger partial charge in [-0.3, -0.25) is 4.79 Å². The number of benzene rings is 2. The molecule has 0 aromatic heterocycles. The van der Waals surface area contributed by atoms with Crippen LogP contribution in [0.5, 0.6) is 5.75 Å². The Bertz CT molecular complexity index is 1090. The Hall–Kier alpha value is -3.13. The average molecular weight is 528 g/mol. The Morgan fingerprint density at radius 1 is 1.03 bits per heavy atom. The van der Waals surface area contributed by atoms with Gasteiger partial charge in [0.05, 0.1) is 25.7 Å². The molecule has 1 atom stereocenters. The highest BCUT2D eigenvalue weighted by Crippen LogP contribution is 2.45. The fourth-order valence-corrected chi connectivity index (χ4v) is 5.98. The minimum absolute atomic E-state index is 0.0518. The van der Waals surface area contributed by atoms with Crippen LogP contribution in [0.4, 0.5) is 9.18 Å². The van der Waals surface area contributed by atoms with Crippen molar-refractivity contribution in [3.05, 3.63) is 65.0 Å². The van der Waals surface area contributed by atoms with Gasteiger partial charge in [-0.05, 0) is 54.9 Å². The second-order valence-electron chi connectivity index (χ2n) is 10.2. The molecule has 2 fully saturated rings. The lowest BCUT2D eigenvalue weighted by molar-refractivity contribution is -0.144. The molecule has 7 nitrogen and oxygen atoms in total. The van der Waals surface area contributed by atoms with Gasteiger partial charge >= 0.3 is 12.1 Å². The summed E-state index contributed by atoms with van der Waals surface area (Å²) in [5, 5.41) is 0. The third-order valence-electron chi connectivity index (χ3n) is 8.12. The Morgan fingerprint density at radius 3 is 2.32 bits per heavy atom. The van der Waals surface area contributed by atoms with Crippen LogP contribution >= 0.6 is 0 Å². The molecule has 2 aliphatic rings. The normalized spacial score (nSPS) is 18.5. The number of carbonyl (C=O) groups is 2. The van der Waals surface area contributed by atoms with Crippen molar-refractivity contribution >= 4 is 12.1 Å². The molecular weight excluding hydrogens is 489 g/mol. The molecule has 0 radical (unpaired) electrons. The fourth-order valence-electron chi connectivity index (χ4n) is 5.98. The number of ether oxygens (including phenoxy) is 4. The molecule has 1 aliphatic carbocycles. The lowest BCUT2D eigenvalue weighted by atomic mass is 9.75. The number of halogens is 1. The monoisotopic (exact) mass is 527 g/mol. The van der Waals surface area contributed by atoms with Crippen LogP contribution in [0.25, 0.3) is 0 Å². The van der Waals surface area contributed by atoms with Crippen LogP contribution in [0.1, 0.15) is 67.6 Å². The number of hydrogen-bond acceptors (Lipinski definition) is 6. The van der Waals surface area contributed by atoms with E-state index in [0.29, 0.717) is 31.5 Å². The molecule has 0 spiro atoms. The number of carbonyl (C=O) groups excluding carboxylic acids is 2. The molecule has 1 unspecified atom stereocenters. The van der Waals surface area contributed by atoms with Crippen molar-refractivity contribution in [3.63, 3.8) is 0 Å². The predicted octanol–water partition coefficient (Wildman–Crippen LogP) is 5.95. The number of likely N-dealkylation sites (tertiary alicyclic amines) is 1. The molecule has 4 rings (SSSR count). The predicted molar refractivity (Wildman–Crippen MR) is 140 cm³/mol. The summed E-state index contributed by atoms with van der Waals surface area (Å²) < 4.78 is 37.6. The molecule has 0 N–H and O–H groups in total. The van der Waals surface area contributed by atoms with Gasteiger partial charge in [0, 0.05) is 25.8 Å². The van der Waals surface area contributed by atoms with Crippen LogP contribution in [-0.2, 0) is 31.2 Å². The van der Waals surface area contributed by atoms with Crippen LogP contribution in [0.15, 0.2) is 42.5 Å². The Morgan fingerprint density at radius 2 is 1.71 bits per heavy atom. The number of amides is 1. The van der Waals surface area contributed by atoms with Gasteiger partial charge in [0.15, 0.2) is 11.6 Å². The van der Waals surface area contributed by atoms with E-state index in [1.807, 2.05) is 36.4 Å². The van der Waals surface area contributed by atoms with Crippen molar-refractivity contribution in [2.75, 3.05) is 34.4 Å². The first-order valence-corrected chi connectivity index (χ1v) is 13.4. The number of nitrogens with zero attached hydrogens (tertiary/aromatic N) is 1.